The Labute approximate surface area is 132 Å². The van der Waals surface area contributed by atoms with E-state index in [1.165, 1.54) is 0 Å². The molecular formula is C17H17N3O3. The van der Waals surface area contributed by atoms with Crippen molar-refractivity contribution < 1.29 is 9.53 Å². The molecule has 0 aliphatic heterocycles. The van der Waals surface area contributed by atoms with Crippen molar-refractivity contribution in [3.05, 3.63) is 64.1 Å². The van der Waals surface area contributed by atoms with E-state index in [1.54, 1.807) is 25.3 Å². The molecule has 0 aliphatic rings. The first-order valence-corrected chi connectivity index (χ1v) is 7.23. The minimum Gasteiger partial charge on any atom is -0.497 e. The van der Waals surface area contributed by atoms with Gasteiger partial charge < -0.3 is 20.0 Å². The molecule has 0 spiro atoms. The highest BCUT2D eigenvalue weighted by atomic mass is 16.5. The van der Waals surface area contributed by atoms with Gasteiger partial charge >= 0.3 is 5.69 Å². The Morgan fingerprint density at radius 3 is 2.48 bits per heavy atom. The number of H-pyrrole nitrogens is 2. The van der Waals surface area contributed by atoms with Crippen LogP contribution < -0.4 is 15.7 Å². The number of rotatable bonds is 4. The number of carbonyl (C=O) groups excluding carboxylic acids is 1. The average molecular weight is 311 g/mol. The van der Waals surface area contributed by atoms with E-state index in [1.807, 2.05) is 31.2 Å². The van der Waals surface area contributed by atoms with Gasteiger partial charge in [0.25, 0.3) is 5.91 Å². The van der Waals surface area contributed by atoms with Crippen LogP contribution in [0.5, 0.6) is 5.75 Å². The smallest absolute Gasteiger partial charge is 0.323 e. The molecule has 1 atom stereocenters. The van der Waals surface area contributed by atoms with Gasteiger partial charge in [0.15, 0.2) is 0 Å². The fraction of sp³-hybridized carbons (Fsp3) is 0.176. The summed E-state index contributed by atoms with van der Waals surface area (Å²) < 4.78 is 5.12. The van der Waals surface area contributed by atoms with Crippen molar-refractivity contribution in [3.8, 4) is 5.75 Å². The van der Waals surface area contributed by atoms with Crippen LogP contribution in [0.25, 0.3) is 11.0 Å². The van der Waals surface area contributed by atoms with Gasteiger partial charge in [-0.05, 0) is 42.8 Å². The number of imidazole rings is 1. The predicted octanol–water partition coefficient (Wildman–Crippen LogP) is 2.36. The molecule has 3 N–H and O–H groups in total. The van der Waals surface area contributed by atoms with Crippen LogP contribution in [0.3, 0.4) is 0 Å². The quantitative estimate of drug-likeness (QED) is 0.691. The van der Waals surface area contributed by atoms with Crippen molar-refractivity contribution in [1.29, 1.82) is 0 Å². The van der Waals surface area contributed by atoms with Gasteiger partial charge in [-0.1, -0.05) is 12.1 Å². The first kappa shape index (κ1) is 14.9. The normalized spacial score (nSPS) is 12.1. The first-order chi connectivity index (χ1) is 11.1. The summed E-state index contributed by atoms with van der Waals surface area (Å²) in [6.45, 7) is 1.91. The average Bonchev–Trinajstić information content (AvgIpc) is 2.93. The molecule has 0 bridgehead atoms. The third-order valence-corrected chi connectivity index (χ3v) is 3.74. The Bertz CT molecular complexity index is 893. The van der Waals surface area contributed by atoms with Crippen molar-refractivity contribution in [2.24, 2.45) is 0 Å². The first-order valence-electron chi connectivity index (χ1n) is 7.23. The van der Waals surface area contributed by atoms with E-state index in [9.17, 15) is 9.59 Å². The fourth-order valence-electron chi connectivity index (χ4n) is 2.43. The lowest BCUT2D eigenvalue weighted by atomic mass is 10.1. The van der Waals surface area contributed by atoms with E-state index < -0.39 is 0 Å². The molecule has 3 rings (SSSR count). The second kappa shape index (κ2) is 6.00. The Kier molecular flexibility index (Phi) is 3.89. The van der Waals surface area contributed by atoms with Crippen molar-refractivity contribution in [3.63, 3.8) is 0 Å². The van der Waals surface area contributed by atoms with E-state index in [-0.39, 0.29) is 17.6 Å². The lowest BCUT2D eigenvalue weighted by Gasteiger charge is -2.15. The van der Waals surface area contributed by atoms with Gasteiger partial charge in [-0.25, -0.2) is 4.79 Å². The standard InChI is InChI=1S/C17H17N3O3/c1-10(11-3-6-13(23-2)7-4-11)18-16(21)12-5-8-14-15(9-12)20-17(22)19-14/h3-10H,1-2H3,(H,18,21)(H2,19,20,22). The topological polar surface area (TPSA) is 87.0 Å². The molecule has 6 nitrogen and oxygen atoms in total. The zero-order chi connectivity index (χ0) is 16.4. The van der Waals surface area contributed by atoms with Crippen LogP contribution in [0.15, 0.2) is 47.3 Å². The minimum atomic E-state index is -0.288. The third kappa shape index (κ3) is 3.11. The molecule has 2 aromatic carbocycles. The summed E-state index contributed by atoms with van der Waals surface area (Å²) in [6.07, 6.45) is 0. The number of benzene rings is 2. The lowest BCUT2D eigenvalue weighted by molar-refractivity contribution is 0.0940. The van der Waals surface area contributed by atoms with Crippen molar-refractivity contribution in [1.82, 2.24) is 15.3 Å². The summed E-state index contributed by atoms with van der Waals surface area (Å²) >= 11 is 0. The number of amides is 1. The van der Waals surface area contributed by atoms with E-state index in [0.717, 1.165) is 11.3 Å². The Morgan fingerprint density at radius 1 is 1.09 bits per heavy atom. The highest BCUT2D eigenvalue weighted by Gasteiger charge is 2.12. The summed E-state index contributed by atoms with van der Waals surface area (Å²) in [5.41, 5.74) is 2.47. The summed E-state index contributed by atoms with van der Waals surface area (Å²) in [6, 6.07) is 12.4. The summed E-state index contributed by atoms with van der Waals surface area (Å²) in [4.78, 5) is 28.9. The van der Waals surface area contributed by atoms with Gasteiger partial charge in [0.1, 0.15) is 5.75 Å². The van der Waals surface area contributed by atoms with E-state index in [4.69, 9.17) is 4.74 Å². The maximum atomic E-state index is 12.4. The van der Waals surface area contributed by atoms with Crippen LogP contribution in [0, 0.1) is 0 Å². The largest absolute Gasteiger partial charge is 0.497 e. The molecular weight excluding hydrogens is 294 g/mol. The molecule has 6 heteroatoms. The number of aromatic amines is 2. The molecule has 0 fully saturated rings. The molecule has 0 aliphatic carbocycles. The third-order valence-electron chi connectivity index (χ3n) is 3.74. The number of aromatic nitrogens is 2. The van der Waals surface area contributed by atoms with E-state index in [0.29, 0.717) is 16.6 Å². The molecule has 0 saturated heterocycles. The predicted molar refractivity (Wildman–Crippen MR) is 87.8 cm³/mol. The SMILES string of the molecule is COc1ccc(C(C)NC(=O)c2ccc3[nH]c(=O)[nH]c3c2)cc1. The summed E-state index contributed by atoms with van der Waals surface area (Å²) in [7, 11) is 1.61. The van der Waals surface area contributed by atoms with Crippen LogP contribution in [0.1, 0.15) is 28.9 Å². The maximum Gasteiger partial charge on any atom is 0.323 e. The molecule has 0 saturated carbocycles. The monoisotopic (exact) mass is 311 g/mol. The van der Waals surface area contributed by atoms with Gasteiger partial charge in [-0.2, -0.15) is 0 Å². The highest BCUT2D eigenvalue weighted by Crippen LogP contribution is 2.18. The van der Waals surface area contributed by atoms with Crippen LogP contribution in [0.4, 0.5) is 0 Å². The van der Waals surface area contributed by atoms with E-state index in [2.05, 4.69) is 15.3 Å². The number of hydrogen-bond donors (Lipinski definition) is 3. The molecule has 1 unspecified atom stereocenters. The van der Waals surface area contributed by atoms with Crippen LogP contribution >= 0.6 is 0 Å². The number of fused-ring (bicyclic) bond motifs is 1. The molecule has 0 radical (unpaired) electrons. The zero-order valence-electron chi connectivity index (χ0n) is 12.8. The summed E-state index contributed by atoms with van der Waals surface area (Å²) in [5.74, 6) is 0.575. The van der Waals surface area contributed by atoms with Crippen LogP contribution in [-0.2, 0) is 0 Å². The number of methoxy groups -OCH3 is 1. The second-order valence-electron chi connectivity index (χ2n) is 5.31. The number of ether oxygens (including phenoxy) is 1. The molecule has 1 amide bonds. The number of carbonyl (C=O) groups is 1. The summed E-state index contributed by atoms with van der Waals surface area (Å²) in [5, 5.41) is 2.94. The number of nitrogens with one attached hydrogen (secondary N) is 3. The highest BCUT2D eigenvalue weighted by molar-refractivity contribution is 5.97. The van der Waals surface area contributed by atoms with Crippen molar-refractivity contribution in [2.75, 3.05) is 7.11 Å². The second-order valence-corrected chi connectivity index (χ2v) is 5.31. The van der Waals surface area contributed by atoms with Crippen LogP contribution in [-0.4, -0.2) is 23.0 Å². The number of hydrogen-bond acceptors (Lipinski definition) is 3. The van der Waals surface area contributed by atoms with Crippen molar-refractivity contribution >= 4 is 16.9 Å². The molecule has 3 aromatic rings. The van der Waals surface area contributed by atoms with Gasteiger partial charge in [0, 0.05) is 5.56 Å². The van der Waals surface area contributed by atoms with Gasteiger partial charge in [0.05, 0.1) is 24.2 Å². The fourth-order valence-corrected chi connectivity index (χ4v) is 2.43. The minimum absolute atomic E-state index is 0.144. The van der Waals surface area contributed by atoms with Gasteiger partial charge in [-0.3, -0.25) is 4.79 Å². The lowest BCUT2D eigenvalue weighted by Crippen LogP contribution is -2.26. The van der Waals surface area contributed by atoms with Crippen molar-refractivity contribution in [2.45, 2.75) is 13.0 Å². The maximum absolute atomic E-state index is 12.4. The Morgan fingerprint density at radius 2 is 1.78 bits per heavy atom. The molecule has 1 aromatic heterocycles. The van der Waals surface area contributed by atoms with Gasteiger partial charge in [-0.15, -0.1) is 0 Å². The molecule has 118 valence electrons. The molecule has 1 heterocycles. The zero-order valence-corrected chi connectivity index (χ0v) is 12.8. The van der Waals surface area contributed by atoms with E-state index >= 15 is 0 Å². The Hall–Kier alpha value is -3.02. The molecule has 23 heavy (non-hydrogen) atoms. The Balaban J connectivity index is 1.77. The van der Waals surface area contributed by atoms with Gasteiger partial charge in [0.2, 0.25) is 0 Å². The van der Waals surface area contributed by atoms with Crippen LogP contribution in [0.2, 0.25) is 0 Å².